The van der Waals surface area contributed by atoms with Gasteiger partial charge in [0.05, 0.1) is 12.1 Å². The van der Waals surface area contributed by atoms with Gasteiger partial charge in [0.15, 0.2) is 0 Å². The van der Waals surface area contributed by atoms with Crippen molar-refractivity contribution < 1.29 is 9.53 Å². The fourth-order valence-electron chi connectivity index (χ4n) is 1.82. The molecule has 4 nitrogen and oxygen atoms in total. The number of benzene rings is 1. The van der Waals surface area contributed by atoms with Crippen LogP contribution in [0.1, 0.15) is 15.9 Å². The first kappa shape index (κ1) is 14.1. The summed E-state index contributed by atoms with van der Waals surface area (Å²) in [4.78, 5) is 17.7. The van der Waals surface area contributed by atoms with Gasteiger partial charge in [-0.15, -0.1) is 0 Å². The minimum atomic E-state index is -0.0496. The number of aryl methyl sites for hydroxylation is 1. The topological polar surface area (TPSA) is 42.4 Å². The second-order valence-electron chi connectivity index (χ2n) is 4.58. The number of carbonyl (C=O) groups is 1. The molecule has 20 heavy (non-hydrogen) atoms. The largest absolute Gasteiger partial charge is 0.491 e. The Hall–Kier alpha value is -2.36. The smallest absolute Gasteiger partial charge is 0.255 e. The lowest BCUT2D eigenvalue weighted by Crippen LogP contribution is -2.30. The number of rotatable bonds is 5. The van der Waals surface area contributed by atoms with E-state index in [4.69, 9.17) is 4.74 Å². The molecule has 0 saturated carbocycles. The highest BCUT2D eigenvalue weighted by Crippen LogP contribution is 2.15. The van der Waals surface area contributed by atoms with Crippen molar-refractivity contribution in [1.29, 1.82) is 0 Å². The van der Waals surface area contributed by atoms with Crippen LogP contribution >= 0.6 is 0 Å². The number of hydrogen-bond donors (Lipinski definition) is 0. The van der Waals surface area contributed by atoms with E-state index in [1.807, 2.05) is 31.2 Å². The van der Waals surface area contributed by atoms with Crippen LogP contribution in [0.2, 0.25) is 0 Å². The van der Waals surface area contributed by atoms with E-state index in [1.54, 1.807) is 36.5 Å². The summed E-state index contributed by atoms with van der Waals surface area (Å²) in [6, 6.07) is 11.4. The lowest BCUT2D eigenvalue weighted by Gasteiger charge is -2.17. The third-order valence-electron chi connectivity index (χ3n) is 3.03. The molecule has 2 aromatic rings. The van der Waals surface area contributed by atoms with Gasteiger partial charge in [0.2, 0.25) is 0 Å². The first-order valence-corrected chi connectivity index (χ1v) is 6.52. The number of amides is 1. The van der Waals surface area contributed by atoms with E-state index in [-0.39, 0.29) is 5.91 Å². The zero-order chi connectivity index (χ0) is 14.4. The number of aromatic nitrogens is 1. The third-order valence-corrected chi connectivity index (χ3v) is 3.03. The van der Waals surface area contributed by atoms with E-state index >= 15 is 0 Å². The molecule has 0 aliphatic carbocycles. The van der Waals surface area contributed by atoms with Crippen LogP contribution in [0.25, 0.3) is 0 Å². The lowest BCUT2D eigenvalue weighted by molar-refractivity contribution is 0.0773. The van der Waals surface area contributed by atoms with Gasteiger partial charge >= 0.3 is 0 Å². The standard InChI is InChI=1S/C16H18N2O2/c1-13-6-3-4-8-15(13)20-11-10-18(2)16(19)14-7-5-9-17-12-14/h3-9,12H,10-11H2,1-2H3. The molecule has 0 atom stereocenters. The van der Waals surface area contributed by atoms with E-state index in [9.17, 15) is 4.79 Å². The van der Waals surface area contributed by atoms with E-state index < -0.39 is 0 Å². The van der Waals surface area contributed by atoms with E-state index in [0.717, 1.165) is 11.3 Å². The van der Waals surface area contributed by atoms with Gasteiger partial charge in [-0.1, -0.05) is 18.2 Å². The Morgan fingerprint density at radius 1 is 1.25 bits per heavy atom. The fraction of sp³-hybridized carbons (Fsp3) is 0.250. The normalized spacial score (nSPS) is 10.1. The summed E-state index contributed by atoms with van der Waals surface area (Å²) >= 11 is 0. The molecule has 1 amide bonds. The number of hydrogen-bond acceptors (Lipinski definition) is 3. The molecule has 104 valence electrons. The van der Waals surface area contributed by atoms with Gasteiger partial charge in [-0.3, -0.25) is 9.78 Å². The Kier molecular flexibility index (Phi) is 4.71. The van der Waals surface area contributed by atoms with Gasteiger partial charge in [-0.2, -0.15) is 0 Å². The highest BCUT2D eigenvalue weighted by molar-refractivity contribution is 5.93. The molecule has 1 aromatic heterocycles. The van der Waals surface area contributed by atoms with E-state index in [1.165, 1.54) is 0 Å². The Bertz CT molecular complexity index is 570. The predicted octanol–water partition coefficient (Wildman–Crippen LogP) is 2.54. The van der Waals surface area contributed by atoms with Crippen LogP contribution in [0.5, 0.6) is 5.75 Å². The van der Waals surface area contributed by atoms with Gasteiger partial charge in [-0.25, -0.2) is 0 Å². The number of para-hydroxylation sites is 1. The molecule has 0 unspecified atom stereocenters. The van der Waals surface area contributed by atoms with Crippen molar-refractivity contribution in [3.63, 3.8) is 0 Å². The molecule has 2 rings (SSSR count). The number of ether oxygens (including phenoxy) is 1. The summed E-state index contributed by atoms with van der Waals surface area (Å²) in [7, 11) is 1.76. The van der Waals surface area contributed by atoms with Crippen molar-refractivity contribution >= 4 is 5.91 Å². The molecular weight excluding hydrogens is 252 g/mol. The number of carbonyl (C=O) groups excluding carboxylic acids is 1. The van der Waals surface area contributed by atoms with Crippen molar-refractivity contribution in [3.05, 3.63) is 59.9 Å². The van der Waals surface area contributed by atoms with Crippen molar-refractivity contribution in [2.45, 2.75) is 6.92 Å². The van der Waals surface area contributed by atoms with Crippen LogP contribution in [0, 0.1) is 6.92 Å². The molecule has 4 heteroatoms. The Labute approximate surface area is 119 Å². The lowest BCUT2D eigenvalue weighted by atomic mass is 10.2. The molecule has 0 fully saturated rings. The highest BCUT2D eigenvalue weighted by Gasteiger charge is 2.11. The zero-order valence-electron chi connectivity index (χ0n) is 11.7. The van der Waals surface area contributed by atoms with Gasteiger partial charge in [0.25, 0.3) is 5.91 Å². The molecule has 1 aromatic carbocycles. The number of nitrogens with zero attached hydrogens (tertiary/aromatic N) is 2. The molecular formula is C16H18N2O2. The summed E-state index contributed by atoms with van der Waals surface area (Å²) in [6.45, 7) is 3.00. The molecule has 0 aliphatic heterocycles. The Morgan fingerprint density at radius 2 is 2.05 bits per heavy atom. The van der Waals surface area contributed by atoms with Crippen molar-refractivity contribution in [2.75, 3.05) is 20.2 Å². The highest BCUT2D eigenvalue weighted by atomic mass is 16.5. The molecule has 1 heterocycles. The van der Waals surface area contributed by atoms with Crippen LogP contribution < -0.4 is 4.74 Å². The first-order valence-electron chi connectivity index (χ1n) is 6.52. The van der Waals surface area contributed by atoms with Crippen molar-refractivity contribution in [3.8, 4) is 5.75 Å². The average Bonchev–Trinajstić information content (AvgIpc) is 2.49. The van der Waals surface area contributed by atoms with Gasteiger partial charge < -0.3 is 9.64 Å². The molecule has 0 spiro atoms. The summed E-state index contributed by atoms with van der Waals surface area (Å²) in [5.41, 5.74) is 1.68. The summed E-state index contributed by atoms with van der Waals surface area (Å²) in [6.07, 6.45) is 3.22. The first-order chi connectivity index (χ1) is 9.68. The predicted molar refractivity (Wildman–Crippen MR) is 77.9 cm³/mol. The van der Waals surface area contributed by atoms with Crippen LogP contribution in [0.4, 0.5) is 0 Å². The minimum Gasteiger partial charge on any atom is -0.491 e. The monoisotopic (exact) mass is 270 g/mol. The van der Waals surface area contributed by atoms with Gasteiger partial charge in [0.1, 0.15) is 12.4 Å². The Balaban J connectivity index is 1.85. The SMILES string of the molecule is Cc1ccccc1OCCN(C)C(=O)c1cccnc1. The molecule has 0 bridgehead atoms. The maximum Gasteiger partial charge on any atom is 0.255 e. The Morgan fingerprint density at radius 3 is 2.75 bits per heavy atom. The van der Waals surface area contributed by atoms with Crippen molar-refractivity contribution in [1.82, 2.24) is 9.88 Å². The summed E-state index contributed by atoms with van der Waals surface area (Å²) in [5.74, 6) is 0.807. The molecule has 0 saturated heterocycles. The second kappa shape index (κ2) is 6.70. The quantitative estimate of drug-likeness (QED) is 0.838. The number of pyridine rings is 1. The minimum absolute atomic E-state index is 0.0496. The van der Waals surface area contributed by atoms with Crippen LogP contribution in [0.15, 0.2) is 48.8 Å². The van der Waals surface area contributed by atoms with Crippen LogP contribution in [0.3, 0.4) is 0 Å². The molecule has 0 N–H and O–H groups in total. The van der Waals surface area contributed by atoms with Crippen LogP contribution in [-0.2, 0) is 0 Å². The van der Waals surface area contributed by atoms with E-state index in [0.29, 0.717) is 18.7 Å². The van der Waals surface area contributed by atoms with E-state index in [2.05, 4.69) is 4.98 Å². The maximum absolute atomic E-state index is 12.1. The van der Waals surface area contributed by atoms with Crippen LogP contribution in [-0.4, -0.2) is 36.0 Å². The number of likely N-dealkylation sites (N-methyl/N-ethyl adjacent to an activating group) is 1. The summed E-state index contributed by atoms with van der Waals surface area (Å²) in [5, 5.41) is 0. The molecule has 0 radical (unpaired) electrons. The molecule has 0 aliphatic rings. The van der Waals surface area contributed by atoms with Gasteiger partial charge in [0, 0.05) is 19.4 Å². The second-order valence-corrected chi connectivity index (χ2v) is 4.58. The summed E-state index contributed by atoms with van der Waals surface area (Å²) < 4.78 is 5.68. The van der Waals surface area contributed by atoms with Gasteiger partial charge in [-0.05, 0) is 30.7 Å². The third kappa shape index (κ3) is 3.57. The maximum atomic E-state index is 12.1. The average molecular weight is 270 g/mol. The van der Waals surface area contributed by atoms with Crippen molar-refractivity contribution in [2.24, 2.45) is 0 Å². The fourth-order valence-corrected chi connectivity index (χ4v) is 1.82. The zero-order valence-corrected chi connectivity index (χ0v) is 11.7.